The van der Waals surface area contributed by atoms with Gasteiger partial charge in [-0.1, -0.05) is 37.5 Å². The van der Waals surface area contributed by atoms with Crippen molar-refractivity contribution in [1.82, 2.24) is 5.32 Å². The average molecular weight is 320 g/mol. The van der Waals surface area contributed by atoms with Crippen LogP contribution in [-0.2, 0) is 0 Å². The molecule has 0 aliphatic heterocycles. The molecule has 0 amide bonds. The van der Waals surface area contributed by atoms with Gasteiger partial charge in [0.1, 0.15) is 0 Å². The van der Waals surface area contributed by atoms with E-state index in [4.69, 9.17) is 0 Å². The first-order valence-electron chi connectivity index (χ1n) is 7.99. The van der Waals surface area contributed by atoms with Crippen molar-refractivity contribution in [3.63, 3.8) is 0 Å². The predicted molar refractivity (Wildman–Crippen MR) is 97.6 cm³/mol. The lowest BCUT2D eigenvalue weighted by molar-refractivity contribution is 0.368. The average Bonchev–Trinajstić information content (AvgIpc) is 2.97. The molecule has 1 saturated carbocycles. The lowest BCUT2D eigenvalue weighted by Crippen LogP contribution is -2.40. The van der Waals surface area contributed by atoms with Gasteiger partial charge >= 0.3 is 0 Å². The number of benzene rings is 1. The molecule has 2 aromatic rings. The largest absolute Gasteiger partial charge is 0.308 e. The molecule has 0 saturated heterocycles. The van der Waals surface area contributed by atoms with Crippen LogP contribution in [0.4, 0.5) is 0 Å². The summed E-state index contributed by atoms with van der Waals surface area (Å²) in [7, 11) is 0. The molecule has 21 heavy (non-hydrogen) atoms. The molecule has 0 spiro atoms. The summed E-state index contributed by atoms with van der Waals surface area (Å²) < 4.78 is 1.88. The Hall–Kier alpha value is -0.510. The van der Waals surface area contributed by atoms with Crippen molar-refractivity contribution >= 4 is 33.2 Å². The van der Waals surface area contributed by atoms with Crippen molar-refractivity contribution < 1.29 is 0 Å². The van der Waals surface area contributed by atoms with Crippen LogP contribution in [0.1, 0.15) is 49.9 Å². The van der Waals surface area contributed by atoms with E-state index in [1.54, 1.807) is 0 Å². The number of fused-ring (bicyclic) bond motifs is 1. The third kappa shape index (κ3) is 3.46. The molecule has 1 aliphatic rings. The van der Waals surface area contributed by atoms with Gasteiger partial charge in [0.25, 0.3) is 0 Å². The summed E-state index contributed by atoms with van der Waals surface area (Å²) >= 11 is 4.01. The Morgan fingerprint density at radius 2 is 2.00 bits per heavy atom. The molecule has 1 aliphatic carbocycles. The standard InChI is InChI=1S/C18H25NS2/c1-14(17-12-15-8-4-5-9-16(15)21-17)19-13-18(20-2)10-6-3-7-11-18/h4-5,8-9,12,14,19H,3,6-7,10-11,13H2,1-2H3. The Morgan fingerprint density at radius 3 is 2.71 bits per heavy atom. The molecule has 1 N–H and O–H groups in total. The molecule has 3 heteroatoms. The zero-order valence-electron chi connectivity index (χ0n) is 13.0. The molecule has 1 atom stereocenters. The Morgan fingerprint density at radius 1 is 1.24 bits per heavy atom. The quantitative estimate of drug-likeness (QED) is 0.768. The maximum Gasteiger partial charge on any atom is 0.0386 e. The van der Waals surface area contributed by atoms with Crippen LogP contribution in [0, 0.1) is 0 Å². The lowest BCUT2D eigenvalue weighted by Gasteiger charge is -2.36. The molecular formula is C18H25NS2. The van der Waals surface area contributed by atoms with Gasteiger partial charge in [-0.15, -0.1) is 11.3 Å². The van der Waals surface area contributed by atoms with E-state index in [0.717, 1.165) is 6.54 Å². The summed E-state index contributed by atoms with van der Waals surface area (Å²) in [5, 5.41) is 5.19. The molecule has 1 heterocycles. The minimum absolute atomic E-state index is 0.452. The summed E-state index contributed by atoms with van der Waals surface area (Å²) in [5.41, 5.74) is 0. The molecule has 0 bridgehead atoms. The fourth-order valence-electron chi connectivity index (χ4n) is 3.30. The second-order valence-electron chi connectivity index (χ2n) is 6.24. The smallest absolute Gasteiger partial charge is 0.0386 e. The van der Waals surface area contributed by atoms with E-state index >= 15 is 0 Å². The van der Waals surface area contributed by atoms with Gasteiger partial charge in [-0.05, 0) is 43.5 Å². The topological polar surface area (TPSA) is 12.0 Å². The summed E-state index contributed by atoms with van der Waals surface area (Å²) in [5.74, 6) is 0. The second kappa shape index (κ2) is 6.72. The Kier molecular flexibility index (Phi) is 4.92. The molecular weight excluding hydrogens is 294 g/mol. The normalized spacial score (nSPS) is 19.7. The first-order valence-corrected chi connectivity index (χ1v) is 10.0. The van der Waals surface area contributed by atoms with Crippen molar-refractivity contribution in [1.29, 1.82) is 0 Å². The van der Waals surface area contributed by atoms with Crippen LogP contribution in [0.3, 0.4) is 0 Å². The van der Waals surface area contributed by atoms with E-state index < -0.39 is 0 Å². The first-order chi connectivity index (χ1) is 10.2. The molecule has 0 radical (unpaired) electrons. The van der Waals surface area contributed by atoms with Crippen molar-refractivity contribution in [2.75, 3.05) is 12.8 Å². The van der Waals surface area contributed by atoms with Crippen LogP contribution < -0.4 is 5.32 Å². The minimum Gasteiger partial charge on any atom is -0.308 e. The molecule has 1 fully saturated rings. The molecule has 1 aromatic heterocycles. The summed E-state index contributed by atoms with van der Waals surface area (Å²) in [4.78, 5) is 1.46. The lowest BCUT2D eigenvalue weighted by atomic mass is 9.88. The number of nitrogens with one attached hydrogen (secondary N) is 1. The van der Waals surface area contributed by atoms with Gasteiger partial charge in [-0.25, -0.2) is 0 Å². The highest BCUT2D eigenvalue weighted by molar-refractivity contribution is 8.00. The van der Waals surface area contributed by atoms with Gasteiger partial charge in [0.05, 0.1) is 0 Å². The second-order valence-corrected chi connectivity index (χ2v) is 8.63. The zero-order valence-corrected chi connectivity index (χ0v) is 14.7. The van der Waals surface area contributed by atoms with Gasteiger partial charge in [0, 0.05) is 26.9 Å². The van der Waals surface area contributed by atoms with Gasteiger partial charge < -0.3 is 5.32 Å². The minimum atomic E-state index is 0.452. The molecule has 1 unspecified atom stereocenters. The maximum atomic E-state index is 3.81. The summed E-state index contributed by atoms with van der Waals surface area (Å²) in [6.07, 6.45) is 9.27. The monoisotopic (exact) mass is 319 g/mol. The van der Waals surface area contributed by atoms with Crippen LogP contribution in [0.25, 0.3) is 10.1 Å². The summed E-state index contributed by atoms with van der Waals surface area (Å²) in [6.45, 7) is 3.45. The zero-order chi connectivity index (χ0) is 14.7. The van der Waals surface area contributed by atoms with E-state index in [2.05, 4.69) is 60.6 Å². The Bertz CT molecular complexity index is 551. The predicted octanol–water partition coefficient (Wildman–Crippen LogP) is 5.62. The van der Waals surface area contributed by atoms with Crippen molar-refractivity contribution in [3.8, 4) is 0 Å². The van der Waals surface area contributed by atoms with Gasteiger partial charge in [0.15, 0.2) is 0 Å². The Labute approximate surface area is 136 Å². The van der Waals surface area contributed by atoms with Crippen LogP contribution >= 0.6 is 23.1 Å². The molecule has 1 nitrogen and oxygen atoms in total. The van der Waals surface area contributed by atoms with Gasteiger partial charge in [0.2, 0.25) is 0 Å². The van der Waals surface area contributed by atoms with Crippen molar-refractivity contribution in [2.45, 2.75) is 49.8 Å². The van der Waals surface area contributed by atoms with Crippen LogP contribution in [-0.4, -0.2) is 17.5 Å². The third-order valence-corrected chi connectivity index (χ3v) is 7.52. The fraction of sp³-hybridized carbons (Fsp3) is 0.556. The fourth-order valence-corrected chi connectivity index (χ4v) is 5.32. The Balaban J connectivity index is 1.66. The maximum absolute atomic E-state index is 3.81. The number of rotatable bonds is 5. The van der Waals surface area contributed by atoms with Crippen molar-refractivity contribution in [3.05, 3.63) is 35.2 Å². The van der Waals surface area contributed by atoms with Crippen molar-refractivity contribution in [2.24, 2.45) is 0 Å². The van der Waals surface area contributed by atoms with E-state index in [1.807, 2.05) is 11.3 Å². The highest BCUT2D eigenvalue weighted by Crippen LogP contribution is 2.38. The van der Waals surface area contributed by atoms with E-state index in [0.29, 0.717) is 10.8 Å². The first kappa shape index (κ1) is 15.4. The molecule has 3 rings (SSSR count). The number of hydrogen-bond donors (Lipinski definition) is 1. The van der Waals surface area contributed by atoms with Crippen LogP contribution in [0.2, 0.25) is 0 Å². The van der Waals surface area contributed by atoms with E-state index in [1.165, 1.54) is 47.1 Å². The highest BCUT2D eigenvalue weighted by Gasteiger charge is 2.31. The number of thiophene rings is 1. The van der Waals surface area contributed by atoms with E-state index in [9.17, 15) is 0 Å². The molecule has 1 aromatic carbocycles. The summed E-state index contributed by atoms with van der Waals surface area (Å²) in [6, 6.07) is 11.5. The van der Waals surface area contributed by atoms with E-state index in [-0.39, 0.29) is 0 Å². The number of thioether (sulfide) groups is 1. The van der Waals surface area contributed by atoms with Gasteiger partial charge in [-0.2, -0.15) is 11.8 Å². The highest BCUT2D eigenvalue weighted by atomic mass is 32.2. The SMILES string of the molecule is CSC1(CNC(C)c2cc3ccccc3s2)CCCCC1. The molecule has 114 valence electrons. The van der Waals surface area contributed by atoms with Crippen LogP contribution in [0.15, 0.2) is 30.3 Å². The third-order valence-electron chi connectivity index (χ3n) is 4.80. The number of hydrogen-bond acceptors (Lipinski definition) is 3. The van der Waals surface area contributed by atoms with Gasteiger partial charge in [-0.3, -0.25) is 0 Å². The van der Waals surface area contributed by atoms with Crippen LogP contribution in [0.5, 0.6) is 0 Å².